The van der Waals surface area contributed by atoms with Crippen LogP contribution in [-0.2, 0) is 11.2 Å². The molecule has 0 bridgehead atoms. The summed E-state index contributed by atoms with van der Waals surface area (Å²) in [5.74, 6) is 0.931. The van der Waals surface area contributed by atoms with Gasteiger partial charge in [-0.3, -0.25) is 10.3 Å². The summed E-state index contributed by atoms with van der Waals surface area (Å²) in [5.41, 5.74) is 2.29. The predicted molar refractivity (Wildman–Crippen MR) is 87.4 cm³/mol. The van der Waals surface area contributed by atoms with E-state index in [0.717, 1.165) is 11.1 Å². The topological polar surface area (TPSA) is 90.1 Å². The number of carbonyl (C=O) groups excluding carboxylic acids is 1. The molecule has 0 saturated heterocycles. The number of anilines is 1. The normalized spacial score (nSPS) is 10.4. The Bertz CT molecular complexity index is 817. The van der Waals surface area contributed by atoms with E-state index in [2.05, 4.69) is 20.4 Å². The zero-order valence-corrected chi connectivity index (χ0v) is 13.1. The lowest BCUT2D eigenvalue weighted by Gasteiger charge is -2.09. The molecule has 1 N–H and O–H groups in total. The van der Waals surface area contributed by atoms with Gasteiger partial charge in [0.25, 0.3) is 0 Å². The third-order valence-electron chi connectivity index (χ3n) is 3.26. The number of hydrogen-bond donors (Lipinski definition) is 1. The number of amides is 1. The summed E-state index contributed by atoms with van der Waals surface area (Å²) in [5, 5.41) is 6.67. The fraction of sp³-hybridized carbons (Fsp3) is 0.176. The van der Waals surface area contributed by atoms with Crippen LogP contribution < -0.4 is 5.32 Å². The molecule has 2 heterocycles. The van der Waals surface area contributed by atoms with Crippen LogP contribution in [0.1, 0.15) is 18.4 Å². The second kappa shape index (κ2) is 7.36. The number of pyridine rings is 1. The Morgan fingerprint density at radius 3 is 2.92 bits per heavy atom. The van der Waals surface area contributed by atoms with Crippen molar-refractivity contribution in [1.29, 1.82) is 0 Å². The molecule has 1 amide bonds. The molecule has 0 fully saturated rings. The van der Waals surface area contributed by atoms with Gasteiger partial charge in [0.15, 0.2) is 0 Å². The Morgan fingerprint density at radius 1 is 1.25 bits per heavy atom. The maximum Gasteiger partial charge on any atom is 0.411 e. The highest BCUT2D eigenvalue weighted by atomic mass is 16.5. The summed E-state index contributed by atoms with van der Waals surface area (Å²) >= 11 is 0. The molecule has 0 aliphatic heterocycles. The summed E-state index contributed by atoms with van der Waals surface area (Å²) in [7, 11) is 0. The molecule has 0 spiro atoms. The number of ether oxygens (including phenoxy) is 1. The highest BCUT2D eigenvalue weighted by Gasteiger charge is 2.13. The Labute approximate surface area is 138 Å². The minimum absolute atomic E-state index is 0.312. The molecule has 0 unspecified atom stereocenters. The van der Waals surface area contributed by atoms with Gasteiger partial charge >= 0.3 is 6.09 Å². The molecule has 0 radical (unpaired) electrons. The molecule has 24 heavy (non-hydrogen) atoms. The first-order valence-electron chi connectivity index (χ1n) is 7.51. The molecule has 122 valence electrons. The number of nitrogens with one attached hydrogen (secondary N) is 1. The van der Waals surface area contributed by atoms with Crippen molar-refractivity contribution in [2.45, 2.75) is 13.3 Å². The number of hydrogen-bond acceptors (Lipinski definition) is 6. The molecule has 7 nitrogen and oxygen atoms in total. The van der Waals surface area contributed by atoms with Gasteiger partial charge in [-0.15, -0.1) is 0 Å². The molecule has 3 aromatic rings. The number of aromatic nitrogens is 3. The summed E-state index contributed by atoms with van der Waals surface area (Å²) in [6, 6.07) is 11.1. The minimum Gasteiger partial charge on any atom is -0.450 e. The highest BCUT2D eigenvalue weighted by Crippen LogP contribution is 2.20. The summed E-state index contributed by atoms with van der Waals surface area (Å²) in [6.07, 6.45) is 3.26. The van der Waals surface area contributed by atoms with Gasteiger partial charge in [0.1, 0.15) is 0 Å². The van der Waals surface area contributed by atoms with Crippen molar-refractivity contribution < 1.29 is 14.1 Å². The van der Waals surface area contributed by atoms with Crippen LogP contribution in [0, 0.1) is 0 Å². The Morgan fingerprint density at radius 2 is 2.12 bits per heavy atom. The molecule has 3 rings (SSSR count). The van der Waals surface area contributed by atoms with E-state index in [1.165, 1.54) is 0 Å². The molecule has 2 aromatic heterocycles. The van der Waals surface area contributed by atoms with Crippen molar-refractivity contribution in [3.63, 3.8) is 0 Å². The zero-order chi connectivity index (χ0) is 16.8. The van der Waals surface area contributed by atoms with E-state index >= 15 is 0 Å². The van der Waals surface area contributed by atoms with Crippen LogP contribution in [0.5, 0.6) is 0 Å². The molecular weight excluding hydrogens is 308 g/mol. The quantitative estimate of drug-likeness (QED) is 0.774. The smallest absolute Gasteiger partial charge is 0.411 e. The molecule has 0 aliphatic rings. The third-order valence-corrected chi connectivity index (χ3v) is 3.26. The van der Waals surface area contributed by atoms with Gasteiger partial charge in [-0.25, -0.2) is 4.79 Å². The van der Waals surface area contributed by atoms with Crippen molar-refractivity contribution in [2.75, 3.05) is 11.9 Å². The van der Waals surface area contributed by atoms with E-state index in [-0.39, 0.29) is 0 Å². The summed E-state index contributed by atoms with van der Waals surface area (Å²) in [6.45, 7) is 2.07. The van der Waals surface area contributed by atoms with Crippen molar-refractivity contribution in [3.8, 4) is 11.4 Å². The second-order valence-corrected chi connectivity index (χ2v) is 4.93. The molecule has 0 atom stereocenters. The Hall–Kier alpha value is -3.22. The van der Waals surface area contributed by atoms with Crippen molar-refractivity contribution in [1.82, 2.24) is 15.1 Å². The number of nitrogens with zero attached hydrogens (tertiary/aromatic N) is 3. The predicted octanol–water partition coefficient (Wildman–Crippen LogP) is 3.29. The van der Waals surface area contributed by atoms with Crippen LogP contribution in [0.15, 0.2) is 53.3 Å². The monoisotopic (exact) mass is 324 g/mol. The summed E-state index contributed by atoms with van der Waals surface area (Å²) in [4.78, 5) is 20.0. The Balaban J connectivity index is 1.77. The van der Waals surface area contributed by atoms with Crippen LogP contribution in [0.4, 0.5) is 10.5 Å². The zero-order valence-electron chi connectivity index (χ0n) is 13.1. The number of benzene rings is 1. The van der Waals surface area contributed by atoms with Gasteiger partial charge in [-0.1, -0.05) is 23.4 Å². The second-order valence-electron chi connectivity index (χ2n) is 4.93. The van der Waals surface area contributed by atoms with Gasteiger partial charge < -0.3 is 9.26 Å². The average Bonchev–Trinajstić information content (AvgIpc) is 3.06. The fourth-order valence-electron chi connectivity index (χ4n) is 2.18. The SMILES string of the molecule is CCOC(=O)Nc1ccccc1Cc1nc(-c2cccnc2)no1. The van der Waals surface area contributed by atoms with Crippen LogP contribution in [0.3, 0.4) is 0 Å². The Kier molecular flexibility index (Phi) is 4.81. The third kappa shape index (κ3) is 3.75. The standard InChI is InChI=1S/C17H16N4O3/c1-2-23-17(22)19-14-8-4-3-6-12(14)10-15-20-16(21-24-15)13-7-5-9-18-11-13/h3-9,11H,2,10H2,1H3,(H,19,22). The van der Waals surface area contributed by atoms with E-state index in [1.807, 2.05) is 30.3 Å². The molecule has 7 heteroatoms. The average molecular weight is 324 g/mol. The van der Waals surface area contributed by atoms with E-state index in [0.29, 0.717) is 30.4 Å². The van der Waals surface area contributed by atoms with Crippen LogP contribution >= 0.6 is 0 Å². The van der Waals surface area contributed by atoms with Gasteiger partial charge in [0.2, 0.25) is 11.7 Å². The largest absolute Gasteiger partial charge is 0.450 e. The number of para-hydroxylation sites is 1. The molecule has 0 aliphatic carbocycles. The molecular formula is C17H16N4O3. The summed E-state index contributed by atoms with van der Waals surface area (Å²) < 4.78 is 10.2. The molecule has 0 saturated carbocycles. The van der Waals surface area contributed by atoms with E-state index in [1.54, 1.807) is 25.4 Å². The van der Waals surface area contributed by atoms with Crippen molar-refractivity contribution in [3.05, 3.63) is 60.2 Å². The van der Waals surface area contributed by atoms with E-state index in [9.17, 15) is 4.79 Å². The van der Waals surface area contributed by atoms with Gasteiger partial charge in [0, 0.05) is 23.6 Å². The van der Waals surface area contributed by atoms with E-state index in [4.69, 9.17) is 9.26 Å². The van der Waals surface area contributed by atoms with Crippen molar-refractivity contribution in [2.24, 2.45) is 0 Å². The first kappa shape index (κ1) is 15.7. The van der Waals surface area contributed by atoms with Gasteiger partial charge in [-0.05, 0) is 30.7 Å². The van der Waals surface area contributed by atoms with Crippen LogP contribution in [0.2, 0.25) is 0 Å². The number of carbonyl (C=O) groups is 1. The van der Waals surface area contributed by atoms with Crippen LogP contribution in [-0.4, -0.2) is 27.8 Å². The first-order valence-corrected chi connectivity index (χ1v) is 7.51. The lowest BCUT2D eigenvalue weighted by Crippen LogP contribution is -2.14. The van der Waals surface area contributed by atoms with Crippen molar-refractivity contribution >= 4 is 11.8 Å². The number of rotatable bonds is 5. The maximum atomic E-state index is 11.6. The maximum absolute atomic E-state index is 11.6. The lowest BCUT2D eigenvalue weighted by molar-refractivity contribution is 0.168. The minimum atomic E-state index is -0.494. The fourth-order valence-corrected chi connectivity index (χ4v) is 2.18. The highest BCUT2D eigenvalue weighted by molar-refractivity contribution is 5.85. The van der Waals surface area contributed by atoms with E-state index < -0.39 is 6.09 Å². The van der Waals surface area contributed by atoms with Crippen LogP contribution in [0.25, 0.3) is 11.4 Å². The van der Waals surface area contributed by atoms with Gasteiger partial charge in [0.05, 0.1) is 13.0 Å². The first-order chi connectivity index (χ1) is 11.8. The lowest BCUT2D eigenvalue weighted by atomic mass is 10.1. The van der Waals surface area contributed by atoms with Gasteiger partial charge in [-0.2, -0.15) is 4.98 Å². The molecule has 1 aromatic carbocycles.